The monoisotopic (exact) mass is 513 g/mol. The predicted octanol–water partition coefficient (Wildman–Crippen LogP) is 8.41. The van der Waals surface area contributed by atoms with Gasteiger partial charge in [-0.3, -0.25) is 0 Å². The molecule has 0 unspecified atom stereocenters. The molecule has 38 heavy (non-hydrogen) atoms. The van der Waals surface area contributed by atoms with Crippen molar-refractivity contribution in [1.29, 1.82) is 0 Å². The number of hydrogen-bond acceptors (Lipinski definition) is 0. The molecule has 0 aliphatic carbocycles. The number of benzene rings is 4. The van der Waals surface area contributed by atoms with E-state index in [1.54, 1.807) is 5.19 Å². The predicted molar refractivity (Wildman–Crippen MR) is 168 cm³/mol. The van der Waals surface area contributed by atoms with Crippen molar-refractivity contribution >= 4 is 73.0 Å². The van der Waals surface area contributed by atoms with Gasteiger partial charge in [-0.2, -0.15) is 0 Å². The Morgan fingerprint density at radius 1 is 0.789 bits per heavy atom. The van der Waals surface area contributed by atoms with Crippen LogP contribution in [0, 0.1) is 12.3 Å². The van der Waals surface area contributed by atoms with Crippen LogP contribution in [0.3, 0.4) is 0 Å². The van der Waals surface area contributed by atoms with Crippen LogP contribution in [0.5, 0.6) is 0 Å². The van der Waals surface area contributed by atoms with Gasteiger partial charge in [0.15, 0.2) is 6.20 Å². The van der Waals surface area contributed by atoms with Crippen LogP contribution in [-0.4, -0.2) is 12.5 Å². The molecular formula is C35H37N2Si+. The van der Waals surface area contributed by atoms with Crippen LogP contribution in [0.15, 0.2) is 66.9 Å². The Kier molecular flexibility index (Phi) is 4.72. The van der Waals surface area contributed by atoms with Gasteiger partial charge < -0.3 is 4.40 Å². The largest absolute Gasteiger partial charge is 0.307 e. The maximum absolute atomic E-state index is 2.67. The van der Waals surface area contributed by atoms with Crippen molar-refractivity contribution in [2.24, 2.45) is 12.5 Å². The molecular weight excluding hydrogens is 476 g/mol. The number of pyridine rings is 2. The highest BCUT2D eigenvalue weighted by atomic mass is 28.3. The molecule has 190 valence electrons. The molecule has 0 amide bonds. The number of aromatic nitrogens is 2. The molecule has 7 aromatic rings. The minimum Gasteiger partial charge on any atom is -0.307 e. The lowest BCUT2D eigenvalue weighted by molar-refractivity contribution is -0.643. The third-order valence-electron chi connectivity index (χ3n) is 8.57. The van der Waals surface area contributed by atoms with Gasteiger partial charge >= 0.3 is 0 Å². The number of rotatable bonds is 2. The molecule has 4 aromatic carbocycles. The molecule has 0 bridgehead atoms. The van der Waals surface area contributed by atoms with E-state index in [1.165, 1.54) is 70.9 Å². The summed E-state index contributed by atoms with van der Waals surface area (Å²) in [6, 6.07) is 23.1. The van der Waals surface area contributed by atoms with Crippen molar-refractivity contribution in [2.45, 2.75) is 53.8 Å². The standard InChI is InChI=1S/C35H37N2Si/c1-21-23-13-9-10-14-24(23)26(20-35(2,3)4)32-29(21)33-30-22(17-18-36(33)5)19-28(38(6,7)8)31-25-15-11-12-16-27(25)37(32)34(30)31/h9-19H,20H2,1-8H3/q+1. The zero-order valence-electron chi connectivity index (χ0n) is 24.0. The van der Waals surface area contributed by atoms with Gasteiger partial charge in [-0.1, -0.05) is 88.9 Å². The number of nitrogens with zero attached hydrogens (tertiary/aromatic N) is 2. The van der Waals surface area contributed by atoms with Crippen molar-refractivity contribution in [3.63, 3.8) is 0 Å². The summed E-state index contributed by atoms with van der Waals surface area (Å²) in [6.45, 7) is 16.9. The van der Waals surface area contributed by atoms with Crippen LogP contribution in [0.4, 0.5) is 0 Å². The fraction of sp³-hybridized carbons (Fsp3) is 0.286. The number of fused-ring (bicyclic) bond motifs is 7. The lowest BCUT2D eigenvalue weighted by Crippen LogP contribution is -2.38. The Bertz CT molecular complexity index is 2080. The van der Waals surface area contributed by atoms with Crippen molar-refractivity contribution in [3.8, 4) is 0 Å². The molecule has 3 heteroatoms. The van der Waals surface area contributed by atoms with Crippen LogP contribution >= 0.6 is 0 Å². The summed E-state index contributed by atoms with van der Waals surface area (Å²) in [6.07, 6.45) is 3.30. The molecule has 0 atom stereocenters. The maximum atomic E-state index is 2.67. The molecule has 0 N–H and O–H groups in total. The summed E-state index contributed by atoms with van der Waals surface area (Å²) < 4.78 is 5.04. The van der Waals surface area contributed by atoms with E-state index < -0.39 is 8.07 Å². The first kappa shape index (κ1) is 23.7. The smallest absolute Gasteiger partial charge is 0.224 e. The van der Waals surface area contributed by atoms with E-state index in [0.717, 1.165) is 6.42 Å². The summed E-state index contributed by atoms with van der Waals surface area (Å²) in [5.41, 5.74) is 8.49. The van der Waals surface area contributed by atoms with Gasteiger partial charge in [0, 0.05) is 16.8 Å². The second-order valence-corrected chi connectivity index (χ2v) is 18.6. The molecule has 0 fully saturated rings. The topological polar surface area (TPSA) is 8.29 Å². The van der Waals surface area contributed by atoms with Crippen LogP contribution in [-0.2, 0) is 13.5 Å². The van der Waals surface area contributed by atoms with Crippen LogP contribution in [0.25, 0.3) is 59.8 Å². The molecule has 7 rings (SSSR count). The molecule has 3 heterocycles. The summed E-state index contributed by atoms with van der Waals surface area (Å²) >= 11 is 0. The quantitative estimate of drug-likeness (QED) is 0.0949. The lowest BCUT2D eigenvalue weighted by Gasteiger charge is -2.25. The zero-order valence-corrected chi connectivity index (χ0v) is 25.0. The summed E-state index contributed by atoms with van der Waals surface area (Å²) in [5.74, 6) is 0. The molecule has 0 spiro atoms. The second-order valence-electron chi connectivity index (χ2n) is 13.6. The van der Waals surface area contributed by atoms with Gasteiger partial charge in [0.1, 0.15) is 7.05 Å². The average Bonchev–Trinajstić information content (AvgIpc) is 3.20. The minimum absolute atomic E-state index is 0.155. The van der Waals surface area contributed by atoms with E-state index in [0.29, 0.717) is 0 Å². The molecule has 0 aliphatic heterocycles. The van der Waals surface area contributed by atoms with Gasteiger partial charge in [0.05, 0.1) is 35.4 Å². The molecule has 0 radical (unpaired) electrons. The number of aryl methyl sites for hydroxylation is 2. The highest BCUT2D eigenvalue weighted by Crippen LogP contribution is 2.45. The molecule has 0 saturated carbocycles. The van der Waals surface area contributed by atoms with E-state index in [2.05, 4.69) is 130 Å². The first-order chi connectivity index (χ1) is 18.0. The van der Waals surface area contributed by atoms with Crippen molar-refractivity contribution in [2.75, 3.05) is 0 Å². The first-order valence-electron chi connectivity index (χ1n) is 13.9. The molecule has 0 saturated heterocycles. The van der Waals surface area contributed by atoms with E-state index in [9.17, 15) is 0 Å². The van der Waals surface area contributed by atoms with Crippen LogP contribution in [0.1, 0.15) is 31.9 Å². The fourth-order valence-electron chi connectivity index (χ4n) is 7.04. The van der Waals surface area contributed by atoms with Crippen molar-refractivity contribution < 1.29 is 4.57 Å². The third-order valence-corrected chi connectivity index (χ3v) is 10.6. The summed E-state index contributed by atoms with van der Waals surface area (Å²) in [5, 5.41) is 11.3. The van der Waals surface area contributed by atoms with Gasteiger partial charge in [0.2, 0.25) is 5.52 Å². The highest BCUT2D eigenvalue weighted by Gasteiger charge is 2.31. The van der Waals surface area contributed by atoms with E-state index >= 15 is 0 Å². The fourth-order valence-corrected chi connectivity index (χ4v) is 8.64. The Balaban J connectivity index is 1.95. The number of hydrogen-bond donors (Lipinski definition) is 0. The maximum Gasteiger partial charge on any atom is 0.224 e. The normalized spacial score (nSPS) is 13.4. The molecule has 0 aliphatic rings. The lowest BCUT2D eigenvalue weighted by atomic mass is 9.83. The van der Waals surface area contributed by atoms with Gasteiger partial charge in [-0.15, -0.1) is 0 Å². The zero-order chi connectivity index (χ0) is 26.7. The van der Waals surface area contributed by atoms with E-state index in [4.69, 9.17) is 0 Å². The van der Waals surface area contributed by atoms with Crippen LogP contribution in [0.2, 0.25) is 19.6 Å². The Morgan fingerprint density at radius 2 is 1.45 bits per heavy atom. The van der Waals surface area contributed by atoms with E-state index in [-0.39, 0.29) is 5.41 Å². The first-order valence-corrected chi connectivity index (χ1v) is 17.4. The molecule has 3 aromatic heterocycles. The van der Waals surface area contributed by atoms with Gasteiger partial charge in [0.25, 0.3) is 0 Å². The van der Waals surface area contributed by atoms with E-state index in [1.807, 2.05) is 0 Å². The third kappa shape index (κ3) is 3.08. The summed E-state index contributed by atoms with van der Waals surface area (Å²) in [4.78, 5) is 0. The van der Waals surface area contributed by atoms with Crippen molar-refractivity contribution in [3.05, 3.63) is 78.0 Å². The molecule has 2 nitrogen and oxygen atoms in total. The SMILES string of the molecule is Cc1c2ccccc2c(CC(C)(C)C)c2c1c1c3c(cc[n+]1C)cc([Si](C)(C)C)c1c4ccccc4n2c13. The van der Waals surface area contributed by atoms with Gasteiger partial charge in [-0.25, -0.2) is 4.57 Å². The minimum atomic E-state index is -1.64. The van der Waals surface area contributed by atoms with Crippen LogP contribution < -0.4 is 9.75 Å². The highest BCUT2D eigenvalue weighted by molar-refractivity contribution is 6.91. The van der Waals surface area contributed by atoms with Gasteiger partial charge in [-0.05, 0) is 57.3 Å². The Hall–Kier alpha value is -3.43. The Labute approximate surface area is 225 Å². The van der Waals surface area contributed by atoms with Crippen molar-refractivity contribution in [1.82, 2.24) is 4.40 Å². The average molecular weight is 514 g/mol. The summed E-state index contributed by atoms with van der Waals surface area (Å²) in [7, 11) is 0.585. The number of para-hydroxylation sites is 1. The second kappa shape index (κ2) is 7.57. The Morgan fingerprint density at radius 3 is 2.13 bits per heavy atom.